The zero-order valence-corrected chi connectivity index (χ0v) is 18.3. The minimum Gasteiger partial charge on any atom is -0.491 e. The van der Waals surface area contributed by atoms with Gasteiger partial charge in [0.1, 0.15) is 29.8 Å². The molecule has 4 heterocycles. The first kappa shape index (κ1) is 21.0. The molecule has 4 bridgehead atoms. The highest BCUT2D eigenvalue weighted by molar-refractivity contribution is 5.94. The third kappa shape index (κ3) is 4.24. The summed E-state index contributed by atoms with van der Waals surface area (Å²) in [6.45, 7) is 5.30. The van der Waals surface area contributed by atoms with E-state index < -0.39 is 0 Å². The second-order valence-electron chi connectivity index (χ2n) is 8.32. The van der Waals surface area contributed by atoms with Gasteiger partial charge in [-0.25, -0.2) is 4.68 Å². The van der Waals surface area contributed by atoms with E-state index in [9.17, 15) is 5.26 Å². The molecule has 0 amide bonds. The Balaban J connectivity index is 1.61. The maximum atomic E-state index is 9.66. The fourth-order valence-corrected chi connectivity index (χ4v) is 4.31. The third-order valence-electron chi connectivity index (χ3n) is 5.98. The molecule has 1 fully saturated rings. The van der Waals surface area contributed by atoms with Crippen LogP contribution in [0.4, 0.5) is 0 Å². The van der Waals surface area contributed by atoms with E-state index in [-0.39, 0.29) is 12.3 Å². The number of benzene rings is 1. The van der Waals surface area contributed by atoms with Crippen LogP contribution in [0.3, 0.4) is 0 Å². The highest BCUT2D eigenvalue weighted by Crippen LogP contribution is 2.35. The van der Waals surface area contributed by atoms with Gasteiger partial charge >= 0.3 is 0 Å². The van der Waals surface area contributed by atoms with E-state index in [4.69, 9.17) is 24.0 Å². The Hall–Kier alpha value is -2.86. The van der Waals surface area contributed by atoms with Crippen molar-refractivity contribution in [2.45, 2.75) is 45.1 Å². The van der Waals surface area contributed by atoms with Crippen molar-refractivity contribution in [2.24, 2.45) is 0 Å². The van der Waals surface area contributed by atoms with Gasteiger partial charge < -0.3 is 23.5 Å². The van der Waals surface area contributed by atoms with Crippen molar-refractivity contribution < 1.29 is 18.9 Å². The summed E-state index contributed by atoms with van der Waals surface area (Å²) in [5.41, 5.74) is 3.32. The van der Waals surface area contributed by atoms with Gasteiger partial charge in [0.25, 0.3) is 0 Å². The molecule has 32 heavy (non-hydrogen) atoms. The average molecular weight is 437 g/mol. The molecule has 0 radical (unpaired) electrons. The lowest BCUT2D eigenvalue weighted by Gasteiger charge is -2.23. The summed E-state index contributed by atoms with van der Waals surface area (Å²) in [5.74, 6) is 0.765. The fraction of sp³-hybridized carbons (Fsp3) is 0.500. The molecule has 0 spiro atoms. The Morgan fingerprint density at radius 3 is 2.88 bits per heavy atom. The molecule has 5 rings (SSSR count). The summed E-state index contributed by atoms with van der Waals surface area (Å²) in [5, 5.41) is 15.6. The molecule has 0 N–H and O–H groups in total. The van der Waals surface area contributed by atoms with E-state index in [2.05, 4.69) is 6.07 Å². The number of aromatic nitrogens is 3. The van der Waals surface area contributed by atoms with E-state index in [1.54, 1.807) is 0 Å². The van der Waals surface area contributed by atoms with Crippen LogP contribution in [0.25, 0.3) is 22.2 Å². The van der Waals surface area contributed by atoms with Gasteiger partial charge in [0.2, 0.25) is 0 Å². The van der Waals surface area contributed by atoms with E-state index in [1.165, 1.54) is 0 Å². The summed E-state index contributed by atoms with van der Waals surface area (Å²) >= 11 is 0. The third-order valence-corrected chi connectivity index (χ3v) is 5.98. The molecule has 8 heteroatoms. The van der Waals surface area contributed by atoms with Gasteiger partial charge in [-0.15, -0.1) is 0 Å². The van der Waals surface area contributed by atoms with Gasteiger partial charge in [-0.05, 0) is 50.5 Å². The van der Waals surface area contributed by atoms with Crippen LogP contribution in [0.5, 0.6) is 5.75 Å². The average Bonchev–Trinajstić information content (AvgIpc) is 3.40. The molecule has 2 aromatic heterocycles. The molecule has 2 aliphatic heterocycles. The van der Waals surface area contributed by atoms with Gasteiger partial charge in [-0.1, -0.05) is 0 Å². The first-order chi connectivity index (χ1) is 15.7. The van der Waals surface area contributed by atoms with E-state index in [0.717, 1.165) is 53.8 Å². The number of hydrogen-bond acceptors (Lipinski definition) is 6. The monoisotopic (exact) mass is 436 g/mol. The Morgan fingerprint density at radius 2 is 2.03 bits per heavy atom. The molecule has 0 aliphatic carbocycles. The van der Waals surface area contributed by atoms with Crippen LogP contribution in [0.15, 0.2) is 30.5 Å². The van der Waals surface area contributed by atoms with Gasteiger partial charge in [0.05, 0.1) is 31.4 Å². The highest BCUT2D eigenvalue weighted by atomic mass is 16.6. The molecule has 2 atom stereocenters. The lowest BCUT2D eigenvalue weighted by molar-refractivity contribution is -0.0365. The smallest absolute Gasteiger partial charge is 0.150 e. The lowest BCUT2D eigenvalue weighted by Crippen LogP contribution is -2.21. The predicted octanol–water partition coefficient (Wildman–Crippen LogP) is 3.89. The van der Waals surface area contributed by atoms with Crippen LogP contribution in [0.2, 0.25) is 0 Å². The molecular weight excluding hydrogens is 408 g/mol. The van der Waals surface area contributed by atoms with Crippen LogP contribution in [0, 0.1) is 11.3 Å². The van der Waals surface area contributed by atoms with Crippen molar-refractivity contribution in [1.29, 1.82) is 5.26 Å². The lowest BCUT2D eigenvalue weighted by atomic mass is 10.1. The fourth-order valence-electron chi connectivity index (χ4n) is 4.31. The summed E-state index contributed by atoms with van der Waals surface area (Å²) in [6, 6.07) is 10.2. The normalized spacial score (nSPS) is 22.5. The molecule has 1 unspecified atom stereocenters. The van der Waals surface area contributed by atoms with Gasteiger partial charge in [-0.2, -0.15) is 10.4 Å². The van der Waals surface area contributed by atoms with Crippen molar-refractivity contribution in [3.05, 3.63) is 36.2 Å². The molecule has 2 aliphatic rings. The second kappa shape index (κ2) is 9.33. The number of rotatable bonds is 1. The summed E-state index contributed by atoms with van der Waals surface area (Å²) in [7, 11) is 0. The number of fused-ring (bicyclic) bond motifs is 4. The number of nitrogens with zero attached hydrogens (tertiary/aromatic N) is 4. The minimum atomic E-state index is -0.0831. The summed E-state index contributed by atoms with van der Waals surface area (Å²) < 4.78 is 27.5. The van der Waals surface area contributed by atoms with Crippen LogP contribution >= 0.6 is 0 Å². The number of ether oxygens (including phenoxy) is 4. The predicted molar refractivity (Wildman–Crippen MR) is 118 cm³/mol. The van der Waals surface area contributed by atoms with Gasteiger partial charge in [0, 0.05) is 30.3 Å². The van der Waals surface area contributed by atoms with Crippen molar-refractivity contribution in [3.63, 3.8) is 0 Å². The van der Waals surface area contributed by atoms with Crippen LogP contribution in [0.1, 0.15) is 38.1 Å². The largest absolute Gasteiger partial charge is 0.491 e. The number of hydrogen-bond donors (Lipinski definition) is 0. The summed E-state index contributed by atoms with van der Waals surface area (Å²) in [4.78, 5) is 0. The van der Waals surface area contributed by atoms with Crippen molar-refractivity contribution in [3.8, 4) is 23.1 Å². The van der Waals surface area contributed by atoms with E-state index in [1.807, 2.05) is 46.6 Å². The van der Waals surface area contributed by atoms with Crippen LogP contribution < -0.4 is 4.74 Å². The second-order valence-corrected chi connectivity index (χ2v) is 8.32. The Labute approximate surface area is 187 Å². The van der Waals surface area contributed by atoms with Gasteiger partial charge in [-0.3, -0.25) is 0 Å². The molecule has 3 aromatic rings. The molecule has 168 valence electrons. The maximum Gasteiger partial charge on any atom is 0.150 e. The van der Waals surface area contributed by atoms with Crippen molar-refractivity contribution in [1.82, 2.24) is 14.3 Å². The van der Waals surface area contributed by atoms with E-state index in [0.29, 0.717) is 38.7 Å². The Morgan fingerprint density at radius 1 is 1.09 bits per heavy atom. The number of nitriles is 1. The first-order valence-electron chi connectivity index (χ1n) is 11.3. The zero-order chi connectivity index (χ0) is 21.9. The molecular formula is C24H28N4O4. The van der Waals surface area contributed by atoms with Crippen molar-refractivity contribution >= 4 is 10.9 Å². The molecule has 1 aromatic carbocycles. The van der Waals surface area contributed by atoms with Gasteiger partial charge in [0.15, 0.2) is 6.23 Å². The SMILES string of the molecule is C[C@H]1COc2ccc3c(c2)c(nn3C2CCCCO2)-c2cc(C#N)n(c2)CCOCCO1. The van der Waals surface area contributed by atoms with Crippen LogP contribution in [-0.4, -0.2) is 53.5 Å². The molecule has 0 saturated carbocycles. The molecule has 8 nitrogen and oxygen atoms in total. The first-order valence-corrected chi connectivity index (χ1v) is 11.3. The summed E-state index contributed by atoms with van der Waals surface area (Å²) in [6.07, 6.45) is 4.99. The molecule has 1 saturated heterocycles. The van der Waals surface area contributed by atoms with E-state index >= 15 is 0 Å². The zero-order valence-electron chi connectivity index (χ0n) is 18.3. The Bertz CT molecular complexity index is 1120. The topological polar surface area (TPSA) is 83.5 Å². The highest BCUT2D eigenvalue weighted by Gasteiger charge is 2.23. The minimum absolute atomic E-state index is 0.0467. The Kier molecular flexibility index (Phi) is 6.12. The van der Waals surface area contributed by atoms with Crippen LogP contribution in [-0.2, 0) is 20.8 Å². The standard InChI is InChI=1S/C24H28N4O4/c1-17-16-32-20-5-6-22-21(13-20)24(26-28(22)23-4-2-3-8-31-23)18-12-19(14-25)27(15-18)7-9-29-10-11-30-17/h5-6,12-13,15,17,23H,2-4,7-11,16H2,1H3/t17-,23?/m0/s1. The maximum absolute atomic E-state index is 9.66. The van der Waals surface area contributed by atoms with Crippen molar-refractivity contribution in [2.75, 3.05) is 33.0 Å². The quantitative estimate of drug-likeness (QED) is 0.576.